The van der Waals surface area contributed by atoms with Crippen LogP contribution in [-0.4, -0.2) is 36.5 Å². The second-order valence-corrected chi connectivity index (χ2v) is 8.10. The first-order valence-electron chi connectivity index (χ1n) is 11.3. The Kier molecular flexibility index (Phi) is 6.97. The van der Waals surface area contributed by atoms with Crippen LogP contribution in [0.15, 0.2) is 78.5 Å². The molecule has 0 aliphatic carbocycles. The predicted molar refractivity (Wildman–Crippen MR) is 133 cm³/mol. The van der Waals surface area contributed by atoms with Crippen molar-refractivity contribution in [3.05, 3.63) is 95.2 Å². The number of amides is 2. The number of carbonyl (C=O) groups is 2. The summed E-state index contributed by atoms with van der Waals surface area (Å²) in [5.74, 6) is 0.592. The van der Waals surface area contributed by atoms with Crippen molar-refractivity contribution in [2.45, 2.75) is 20.8 Å². The molecule has 0 radical (unpaired) electrons. The molecule has 0 bridgehead atoms. The molecule has 1 N–H and O–H groups in total. The molecular weight excluding hydrogens is 428 g/mol. The Labute approximate surface area is 199 Å². The van der Waals surface area contributed by atoms with Crippen molar-refractivity contribution in [1.29, 1.82) is 0 Å². The van der Waals surface area contributed by atoms with Crippen LogP contribution in [-0.2, 0) is 9.59 Å². The SMILES string of the molecule is CCOc1ccccc1NC1=C(c2ccccc2)C(=O)N(CCOc2cc(C)cc(C)c2)C1=O. The van der Waals surface area contributed by atoms with Crippen LogP contribution in [0.2, 0.25) is 0 Å². The van der Waals surface area contributed by atoms with Gasteiger partial charge in [0.1, 0.15) is 23.8 Å². The molecule has 1 aliphatic rings. The van der Waals surface area contributed by atoms with Gasteiger partial charge in [-0.1, -0.05) is 48.5 Å². The van der Waals surface area contributed by atoms with E-state index in [2.05, 4.69) is 11.4 Å². The van der Waals surface area contributed by atoms with E-state index < -0.39 is 0 Å². The zero-order chi connectivity index (χ0) is 24.1. The summed E-state index contributed by atoms with van der Waals surface area (Å²) < 4.78 is 11.6. The lowest BCUT2D eigenvalue weighted by Crippen LogP contribution is -2.36. The average Bonchev–Trinajstić information content (AvgIpc) is 3.04. The Hall–Kier alpha value is -4.06. The third-order valence-corrected chi connectivity index (χ3v) is 5.46. The van der Waals surface area contributed by atoms with Gasteiger partial charge >= 0.3 is 0 Å². The largest absolute Gasteiger partial charge is 0.492 e. The second kappa shape index (κ2) is 10.3. The van der Waals surface area contributed by atoms with Gasteiger partial charge in [-0.25, -0.2) is 0 Å². The maximum absolute atomic E-state index is 13.4. The number of hydrogen-bond acceptors (Lipinski definition) is 5. The Morgan fingerprint density at radius 1 is 0.824 bits per heavy atom. The maximum atomic E-state index is 13.4. The van der Waals surface area contributed by atoms with Crippen LogP contribution in [0.1, 0.15) is 23.6 Å². The van der Waals surface area contributed by atoms with E-state index in [1.807, 2.05) is 87.5 Å². The molecule has 4 rings (SSSR count). The summed E-state index contributed by atoms with van der Waals surface area (Å²) in [5.41, 5.74) is 4.06. The van der Waals surface area contributed by atoms with Gasteiger partial charge in [0, 0.05) is 0 Å². The van der Waals surface area contributed by atoms with E-state index in [4.69, 9.17) is 9.47 Å². The highest BCUT2D eigenvalue weighted by Crippen LogP contribution is 2.33. The molecule has 2 amide bonds. The second-order valence-electron chi connectivity index (χ2n) is 8.10. The van der Waals surface area contributed by atoms with E-state index in [0.717, 1.165) is 16.9 Å². The lowest BCUT2D eigenvalue weighted by Gasteiger charge is -2.17. The molecule has 0 atom stereocenters. The van der Waals surface area contributed by atoms with Gasteiger partial charge in [0.2, 0.25) is 0 Å². The molecule has 6 nitrogen and oxygen atoms in total. The number of rotatable bonds is 9. The Balaban J connectivity index is 1.59. The van der Waals surface area contributed by atoms with Gasteiger partial charge in [0.05, 0.1) is 24.4 Å². The van der Waals surface area contributed by atoms with Gasteiger partial charge in [-0.2, -0.15) is 0 Å². The monoisotopic (exact) mass is 456 g/mol. The molecule has 174 valence electrons. The Morgan fingerprint density at radius 3 is 2.21 bits per heavy atom. The lowest BCUT2D eigenvalue weighted by atomic mass is 10.0. The van der Waals surface area contributed by atoms with Crippen LogP contribution in [0.4, 0.5) is 5.69 Å². The van der Waals surface area contributed by atoms with Crippen LogP contribution in [0, 0.1) is 13.8 Å². The minimum atomic E-state index is -0.390. The van der Waals surface area contributed by atoms with Gasteiger partial charge in [0.25, 0.3) is 11.8 Å². The van der Waals surface area contributed by atoms with Crippen LogP contribution >= 0.6 is 0 Å². The third-order valence-electron chi connectivity index (χ3n) is 5.46. The summed E-state index contributed by atoms with van der Waals surface area (Å²) in [6, 6.07) is 22.5. The Bertz CT molecular complexity index is 1210. The van der Waals surface area contributed by atoms with E-state index in [1.54, 1.807) is 0 Å². The molecule has 6 heteroatoms. The number of aryl methyl sites for hydroxylation is 2. The van der Waals surface area contributed by atoms with Crippen molar-refractivity contribution in [3.63, 3.8) is 0 Å². The van der Waals surface area contributed by atoms with E-state index in [-0.39, 0.29) is 30.7 Å². The number of para-hydroxylation sites is 2. The predicted octanol–water partition coefficient (Wildman–Crippen LogP) is 4.97. The molecule has 0 spiro atoms. The molecule has 0 saturated carbocycles. The minimum absolute atomic E-state index is 0.138. The minimum Gasteiger partial charge on any atom is -0.492 e. The summed E-state index contributed by atoms with van der Waals surface area (Å²) >= 11 is 0. The van der Waals surface area contributed by atoms with Crippen LogP contribution in [0.25, 0.3) is 5.57 Å². The zero-order valence-corrected chi connectivity index (χ0v) is 19.6. The fourth-order valence-corrected chi connectivity index (χ4v) is 4.02. The van der Waals surface area contributed by atoms with Crippen molar-refractivity contribution < 1.29 is 19.1 Å². The van der Waals surface area contributed by atoms with E-state index >= 15 is 0 Å². The van der Waals surface area contributed by atoms with Crippen LogP contribution in [0.5, 0.6) is 11.5 Å². The van der Waals surface area contributed by atoms with E-state index in [1.165, 1.54) is 4.90 Å². The number of hydrogen-bond donors (Lipinski definition) is 1. The van der Waals surface area contributed by atoms with E-state index in [9.17, 15) is 9.59 Å². The maximum Gasteiger partial charge on any atom is 0.278 e. The summed E-state index contributed by atoms with van der Waals surface area (Å²) in [7, 11) is 0. The van der Waals surface area contributed by atoms with Gasteiger partial charge < -0.3 is 14.8 Å². The van der Waals surface area contributed by atoms with Gasteiger partial charge in [-0.15, -0.1) is 0 Å². The fourth-order valence-electron chi connectivity index (χ4n) is 4.02. The number of carbonyl (C=O) groups excluding carboxylic acids is 2. The van der Waals surface area contributed by atoms with Gasteiger partial charge in [-0.3, -0.25) is 14.5 Å². The average molecular weight is 457 g/mol. The number of ether oxygens (including phenoxy) is 2. The molecule has 0 saturated heterocycles. The number of nitrogens with one attached hydrogen (secondary N) is 1. The van der Waals surface area contributed by atoms with Crippen molar-refractivity contribution in [3.8, 4) is 11.5 Å². The molecule has 0 fully saturated rings. The normalized spacial score (nSPS) is 13.4. The number of nitrogens with zero attached hydrogens (tertiary/aromatic N) is 1. The summed E-state index contributed by atoms with van der Waals surface area (Å²) in [6.45, 7) is 6.72. The van der Waals surface area contributed by atoms with Gasteiger partial charge in [-0.05, 0) is 61.7 Å². The van der Waals surface area contributed by atoms with Crippen LogP contribution < -0.4 is 14.8 Å². The standard InChI is InChI=1S/C28H28N2O4/c1-4-33-24-13-9-8-12-23(24)29-26-25(21-10-6-5-7-11-21)27(31)30(28(26)32)14-15-34-22-17-19(2)16-20(3)18-22/h5-13,16-18,29H,4,14-15H2,1-3H3. The quantitative estimate of drug-likeness (QED) is 0.460. The Morgan fingerprint density at radius 2 is 1.50 bits per heavy atom. The van der Waals surface area contributed by atoms with Crippen molar-refractivity contribution in [2.24, 2.45) is 0 Å². The lowest BCUT2D eigenvalue weighted by molar-refractivity contribution is -0.137. The highest BCUT2D eigenvalue weighted by atomic mass is 16.5. The first-order chi connectivity index (χ1) is 16.5. The van der Waals surface area contributed by atoms with E-state index in [0.29, 0.717) is 29.2 Å². The van der Waals surface area contributed by atoms with Gasteiger partial charge in [0.15, 0.2) is 0 Å². The van der Waals surface area contributed by atoms with Crippen molar-refractivity contribution in [1.82, 2.24) is 4.90 Å². The molecule has 34 heavy (non-hydrogen) atoms. The molecule has 3 aromatic carbocycles. The number of anilines is 1. The molecule has 3 aromatic rings. The molecule has 0 unspecified atom stereocenters. The number of benzene rings is 3. The third kappa shape index (κ3) is 4.96. The van der Waals surface area contributed by atoms with Crippen molar-refractivity contribution in [2.75, 3.05) is 25.1 Å². The summed E-state index contributed by atoms with van der Waals surface area (Å²) in [5, 5.41) is 3.18. The summed E-state index contributed by atoms with van der Waals surface area (Å²) in [6.07, 6.45) is 0. The highest BCUT2D eigenvalue weighted by molar-refractivity contribution is 6.36. The summed E-state index contributed by atoms with van der Waals surface area (Å²) in [4.78, 5) is 28.0. The topological polar surface area (TPSA) is 67.9 Å². The zero-order valence-electron chi connectivity index (χ0n) is 19.6. The molecular formula is C28H28N2O4. The fraction of sp³-hybridized carbons (Fsp3) is 0.214. The van der Waals surface area contributed by atoms with Crippen molar-refractivity contribution >= 4 is 23.1 Å². The molecule has 0 aromatic heterocycles. The molecule has 1 heterocycles. The molecule has 1 aliphatic heterocycles. The smallest absolute Gasteiger partial charge is 0.278 e. The number of imide groups is 1. The first kappa shape index (κ1) is 23.1. The first-order valence-corrected chi connectivity index (χ1v) is 11.3. The van der Waals surface area contributed by atoms with Crippen LogP contribution in [0.3, 0.4) is 0 Å². The highest BCUT2D eigenvalue weighted by Gasteiger charge is 2.39.